The van der Waals surface area contributed by atoms with Gasteiger partial charge in [0.1, 0.15) is 11.3 Å². The molecule has 2 aromatic rings. The fourth-order valence-electron chi connectivity index (χ4n) is 1.46. The van der Waals surface area contributed by atoms with Gasteiger partial charge in [-0.1, -0.05) is 12.1 Å². The summed E-state index contributed by atoms with van der Waals surface area (Å²) < 4.78 is 13.4. The highest BCUT2D eigenvalue weighted by Crippen LogP contribution is 2.23. The van der Waals surface area contributed by atoms with Gasteiger partial charge in [0.2, 0.25) is 0 Å². The van der Waals surface area contributed by atoms with E-state index in [9.17, 15) is 4.39 Å². The Labute approximate surface area is 92.9 Å². The minimum atomic E-state index is -0.331. The van der Waals surface area contributed by atoms with Crippen molar-refractivity contribution in [2.75, 3.05) is 5.43 Å². The minimum absolute atomic E-state index is 0. The van der Waals surface area contributed by atoms with Crippen molar-refractivity contribution in [2.45, 2.75) is 6.92 Å². The summed E-state index contributed by atoms with van der Waals surface area (Å²) in [5.74, 6) is 5.00. The van der Waals surface area contributed by atoms with Crippen LogP contribution in [0, 0.1) is 12.7 Å². The molecule has 0 saturated heterocycles. The van der Waals surface area contributed by atoms with E-state index < -0.39 is 0 Å². The zero-order chi connectivity index (χ0) is 10.1. The topological polar surface area (TPSA) is 50.9 Å². The molecule has 1 aromatic heterocycles. The molecule has 3 nitrogen and oxygen atoms in total. The Morgan fingerprint density at radius 3 is 2.80 bits per heavy atom. The van der Waals surface area contributed by atoms with Gasteiger partial charge in [-0.05, 0) is 19.1 Å². The molecule has 0 aliphatic rings. The van der Waals surface area contributed by atoms with Gasteiger partial charge in [-0.3, -0.25) is 5.84 Å². The maximum absolute atomic E-state index is 13.4. The average Bonchev–Trinajstić information content (AvgIpc) is 2.18. The molecule has 1 aromatic carbocycles. The molecule has 0 aliphatic heterocycles. The number of aromatic nitrogens is 1. The van der Waals surface area contributed by atoms with Gasteiger partial charge in [0, 0.05) is 11.1 Å². The summed E-state index contributed by atoms with van der Waals surface area (Å²) in [6.07, 6.45) is 0. The van der Waals surface area contributed by atoms with E-state index in [-0.39, 0.29) is 18.2 Å². The Hall–Kier alpha value is -1.39. The van der Waals surface area contributed by atoms with E-state index >= 15 is 0 Å². The van der Waals surface area contributed by atoms with Crippen molar-refractivity contribution >= 4 is 29.0 Å². The van der Waals surface area contributed by atoms with E-state index in [1.54, 1.807) is 25.1 Å². The molecule has 3 N–H and O–H groups in total. The van der Waals surface area contributed by atoms with Crippen LogP contribution in [-0.4, -0.2) is 4.98 Å². The molecule has 0 aliphatic carbocycles. The zero-order valence-corrected chi connectivity index (χ0v) is 8.94. The number of hydrogen-bond acceptors (Lipinski definition) is 3. The zero-order valence-electron chi connectivity index (χ0n) is 8.12. The fraction of sp³-hybridized carbons (Fsp3) is 0.100. The first kappa shape index (κ1) is 11.7. The predicted octanol–water partition coefficient (Wildman–Crippen LogP) is 2.39. The smallest absolute Gasteiger partial charge is 0.149 e. The molecular formula is C10H11ClFN3. The highest BCUT2D eigenvalue weighted by atomic mass is 35.5. The Morgan fingerprint density at radius 2 is 2.13 bits per heavy atom. The summed E-state index contributed by atoms with van der Waals surface area (Å²) >= 11 is 0. The van der Waals surface area contributed by atoms with E-state index in [0.717, 1.165) is 5.69 Å². The SMILES string of the molecule is Cc1cc(NN)c2cccc(F)c2n1.Cl. The molecule has 0 saturated carbocycles. The lowest BCUT2D eigenvalue weighted by Crippen LogP contribution is -2.08. The van der Waals surface area contributed by atoms with E-state index in [1.165, 1.54) is 6.07 Å². The minimum Gasteiger partial charge on any atom is -0.323 e. The summed E-state index contributed by atoms with van der Waals surface area (Å²) in [5, 5.41) is 0.693. The third-order valence-corrected chi connectivity index (χ3v) is 2.07. The second-order valence-electron chi connectivity index (χ2n) is 3.09. The number of anilines is 1. The molecule has 2 rings (SSSR count). The Morgan fingerprint density at radius 1 is 1.40 bits per heavy atom. The largest absolute Gasteiger partial charge is 0.323 e. The number of nitrogens with two attached hydrogens (primary N) is 1. The Balaban J connectivity index is 0.00000112. The van der Waals surface area contributed by atoms with Crippen molar-refractivity contribution in [2.24, 2.45) is 5.84 Å². The van der Waals surface area contributed by atoms with Crippen molar-refractivity contribution in [1.82, 2.24) is 4.98 Å². The molecule has 80 valence electrons. The molecular weight excluding hydrogens is 217 g/mol. The number of hydrogen-bond donors (Lipinski definition) is 2. The monoisotopic (exact) mass is 227 g/mol. The molecule has 0 radical (unpaired) electrons. The molecule has 0 unspecified atom stereocenters. The molecule has 0 bridgehead atoms. The van der Waals surface area contributed by atoms with Gasteiger partial charge in [-0.2, -0.15) is 0 Å². The molecule has 0 atom stereocenters. The maximum atomic E-state index is 13.4. The lowest BCUT2D eigenvalue weighted by Gasteiger charge is -2.06. The number of nitrogen functional groups attached to an aromatic ring is 1. The number of nitrogens with one attached hydrogen (secondary N) is 1. The molecule has 5 heteroatoms. The molecule has 15 heavy (non-hydrogen) atoms. The Bertz CT molecular complexity index is 487. The van der Waals surface area contributed by atoms with Crippen molar-refractivity contribution in [3.8, 4) is 0 Å². The summed E-state index contributed by atoms with van der Waals surface area (Å²) in [5.41, 5.74) is 4.30. The number of rotatable bonds is 1. The maximum Gasteiger partial charge on any atom is 0.149 e. The second kappa shape index (κ2) is 4.42. The van der Waals surface area contributed by atoms with Crippen LogP contribution in [0.25, 0.3) is 10.9 Å². The normalized spacial score (nSPS) is 9.80. The van der Waals surface area contributed by atoms with Crippen molar-refractivity contribution in [3.05, 3.63) is 35.8 Å². The van der Waals surface area contributed by atoms with Gasteiger partial charge in [-0.15, -0.1) is 12.4 Å². The van der Waals surface area contributed by atoms with Gasteiger partial charge in [0.25, 0.3) is 0 Å². The third-order valence-electron chi connectivity index (χ3n) is 2.07. The first-order chi connectivity index (χ1) is 6.72. The summed E-state index contributed by atoms with van der Waals surface area (Å²) in [6, 6.07) is 6.58. The first-order valence-corrected chi connectivity index (χ1v) is 4.25. The van der Waals surface area contributed by atoms with Gasteiger partial charge < -0.3 is 5.43 Å². The number of benzene rings is 1. The fourth-order valence-corrected chi connectivity index (χ4v) is 1.46. The standard InChI is InChI=1S/C10H10FN3.ClH/c1-6-5-9(14-12)7-3-2-4-8(11)10(7)13-6;/h2-5H,12H2,1H3,(H,13,14);1H. The van der Waals surface area contributed by atoms with Crippen LogP contribution in [0.4, 0.5) is 10.1 Å². The molecule has 0 spiro atoms. The van der Waals surface area contributed by atoms with E-state index in [2.05, 4.69) is 10.4 Å². The quantitative estimate of drug-likeness (QED) is 0.581. The second-order valence-corrected chi connectivity index (χ2v) is 3.09. The highest BCUT2D eigenvalue weighted by Gasteiger charge is 2.06. The van der Waals surface area contributed by atoms with Gasteiger partial charge in [-0.25, -0.2) is 9.37 Å². The summed E-state index contributed by atoms with van der Waals surface area (Å²) in [6.45, 7) is 1.80. The number of nitrogens with zero attached hydrogens (tertiary/aromatic N) is 1. The van der Waals surface area contributed by atoms with E-state index in [0.29, 0.717) is 16.6 Å². The third kappa shape index (κ3) is 2.00. The molecule has 0 amide bonds. The molecule has 0 fully saturated rings. The number of para-hydroxylation sites is 1. The van der Waals surface area contributed by atoms with Gasteiger partial charge >= 0.3 is 0 Å². The van der Waals surface area contributed by atoms with Crippen LogP contribution < -0.4 is 11.3 Å². The number of halogens is 2. The number of aryl methyl sites for hydroxylation is 1. The van der Waals surface area contributed by atoms with Crippen LogP contribution in [0.1, 0.15) is 5.69 Å². The van der Waals surface area contributed by atoms with Crippen molar-refractivity contribution < 1.29 is 4.39 Å². The average molecular weight is 228 g/mol. The summed E-state index contributed by atoms with van der Waals surface area (Å²) in [4.78, 5) is 4.11. The highest BCUT2D eigenvalue weighted by molar-refractivity contribution is 5.91. The first-order valence-electron chi connectivity index (χ1n) is 4.25. The van der Waals surface area contributed by atoms with Crippen molar-refractivity contribution in [1.29, 1.82) is 0 Å². The lowest BCUT2D eigenvalue weighted by molar-refractivity contribution is 0.636. The van der Waals surface area contributed by atoms with E-state index in [1.807, 2.05) is 0 Å². The van der Waals surface area contributed by atoms with Crippen LogP contribution in [0.2, 0.25) is 0 Å². The van der Waals surface area contributed by atoms with Gasteiger partial charge in [0.05, 0.1) is 5.69 Å². The van der Waals surface area contributed by atoms with Crippen LogP contribution in [-0.2, 0) is 0 Å². The van der Waals surface area contributed by atoms with E-state index in [4.69, 9.17) is 5.84 Å². The summed E-state index contributed by atoms with van der Waals surface area (Å²) in [7, 11) is 0. The van der Waals surface area contributed by atoms with Crippen LogP contribution in [0.15, 0.2) is 24.3 Å². The van der Waals surface area contributed by atoms with Crippen molar-refractivity contribution in [3.63, 3.8) is 0 Å². The van der Waals surface area contributed by atoms with Crippen LogP contribution in [0.3, 0.4) is 0 Å². The van der Waals surface area contributed by atoms with Crippen LogP contribution >= 0.6 is 12.4 Å². The predicted molar refractivity (Wildman–Crippen MR) is 61.5 cm³/mol. The lowest BCUT2D eigenvalue weighted by atomic mass is 10.1. The number of hydrazine groups is 1. The number of pyridine rings is 1. The number of fused-ring (bicyclic) bond motifs is 1. The van der Waals surface area contributed by atoms with Crippen LogP contribution in [0.5, 0.6) is 0 Å². The van der Waals surface area contributed by atoms with Gasteiger partial charge in [0.15, 0.2) is 0 Å². The molecule has 1 heterocycles. The Kier molecular flexibility index (Phi) is 3.44.